The molecular formula is C19H31NOSi. The molecule has 1 aliphatic carbocycles. The van der Waals surface area contributed by atoms with E-state index < -0.39 is 8.32 Å². The highest BCUT2D eigenvalue weighted by Gasteiger charge is 2.38. The van der Waals surface area contributed by atoms with Gasteiger partial charge in [-0.1, -0.05) is 32.9 Å². The Balaban J connectivity index is 2.02. The lowest BCUT2D eigenvalue weighted by Gasteiger charge is -2.36. The van der Waals surface area contributed by atoms with Crippen LogP contribution in [-0.2, 0) is 0 Å². The first kappa shape index (κ1) is 17.3. The number of nitrogens with zero attached hydrogens (tertiary/aromatic N) is 1. The topological polar surface area (TPSA) is 21.6 Å². The minimum Gasteiger partial charge on any atom is -0.544 e. The molecule has 1 aromatic carbocycles. The number of hydrogen-bond acceptors (Lipinski definition) is 2. The van der Waals surface area contributed by atoms with Gasteiger partial charge < -0.3 is 4.43 Å². The van der Waals surface area contributed by atoms with Gasteiger partial charge in [-0.25, -0.2) is 0 Å². The molecule has 0 unspecified atom stereocenters. The molecule has 0 atom stereocenters. The van der Waals surface area contributed by atoms with Gasteiger partial charge in [-0.15, -0.1) is 0 Å². The molecule has 0 amide bonds. The molecule has 0 radical (unpaired) electrons. The molecule has 1 fully saturated rings. The van der Waals surface area contributed by atoms with E-state index in [1.807, 2.05) is 7.05 Å². The maximum atomic E-state index is 6.36. The number of hydrogen-bond donors (Lipinski definition) is 0. The third-order valence-electron chi connectivity index (χ3n) is 5.41. The molecule has 1 saturated carbocycles. The first-order chi connectivity index (χ1) is 10.2. The molecule has 0 bridgehead atoms. The lowest BCUT2D eigenvalue weighted by atomic mass is 9.83. The fourth-order valence-corrected chi connectivity index (χ4v) is 3.80. The molecule has 1 aromatic rings. The number of rotatable bonds is 3. The van der Waals surface area contributed by atoms with Crippen LogP contribution in [0, 0.1) is 0 Å². The molecule has 1 aliphatic rings. The number of aliphatic imine (C=N–C) groups is 1. The van der Waals surface area contributed by atoms with Crippen molar-refractivity contribution in [3.63, 3.8) is 0 Å². The summed E-state index contributed by atoms with van der Waals surface area (Å²) < 4.78 is 6.36. The highest BCUT2D eigenvalue weighted by molar-refractivity contribution is 6.74. The molecule has 0 spiro atoms. The van der Waals surface area contributed by atoms with Crippen LogP contribution in [0.2, 0.25) is 18.1 Å². The summed E-state index contributed by atoms with van der Waals surface area (Å²) in [5.41, 5.74) is 2.84. The van der Waals surface area contributed by atoms with E-state index in [0.29, 0.717) is 5.92 Å². The van der Waals surface area contributed by atoms with Crippen molar-refractivity contribution >= 4 is 14.0 Å². The van der Waals surface area contributed by atoms with Gasteiger partial charge in [0.25, 0.3) is 0 Å². The van der Waals surface area contributed by atoms with Crippen LogP contribution >= 0.6 is 0 Å². The van der Waals surface area contributed by atoms with Gasteiger partial charge in [0.2, 0.25) is 8.32 Å². The third-order valence-corrected chi connectivity index (χ3v) is 9.77. The molecule has 0 aromatic heterocycles. The highest BCUT2D eigenvalue weighted by atomic mass is 28.4. The fourth-order valence-electron chi connectivity index (χ4n) is 2.76. The lowest BCUT2D eigenvalue weighted by molar-refractivity contribution is 0.491. The minimum absolute atomic E-state index is 0.241. The average molecular weight is 318 g/mol. The van der Waals surface area contributed by atoms with E-state index in [2.05, 4.69) is 63.1 Å². The second-order valence-corrected chi connectivity index (χ2v) is 12.7. The summed E-state index contributed by atoms with van der Waals surface area (Å²) in [6, 6.07) is 8.86. The predicted octanol–water partition coefficient (Wildman–Crippen LogP) is 5.80. The van der Waals surface area contributed by atoms with Crippen molar-refractivity contribution in [1.82, 2.24) is 0 Å². The van der Waals surface area contributed by atoms with Crippen molar-refractivity contribution in [3.05, 3.63) is 29.8 Å². The Kier molecular flexibility index (Phi) is 5.16. The molecule has 0 saturated heterocycles. The normalized spacial score (nSPS) is 19.9. The van der Waals surface area contributed by atoms with Crippen LogP contribution in [0.25, 0.3) is 0 Å². The molecule has 2 rings (SSSR count). The zero-order valence-electron chi connectivity index (χ0n) is 15.1. The molecule has 0 aliphatic heterocycles. The third kappa shape index (κ3) is 4.01. The monoisotopic (exact) mass is 317 g/mol. The van der Waals surface area contributed by atoms with E-state index in [1.165, 1.54) is 24.1 Å². The van der Waals surface area contributed by atoms with Crippen LogP contribution in [0.1, 0.15) is 57.9 Å². The predicted molar refractivity (Wildman–Crippen MR) is 98.8 cm³/mol. The maximum Gasteiger partial charge on any atom is 0.250 e. The summed E-state index contributed by atoms with van der Waals surface area (Å²) in [5, 5.41) is 0.241. The standard InChI is InChI=1S/C19H31NOSi/c1-19(2,3)22(5,6)21-18-13-9-16(10-14-18)15-7-11-17(20-4)12-8-15/h9-10,13-15H,7-8,11-12H2,1-6H3. The summed E-state index contributed by atoms with van der Waals surface area (Å²) in [6.45, 7) is 11.4. The zero-order chi connectivity index (χ0) is 16.4. The second kappa shape index (κ2) is 6.57. The molecule has 3 heteroatoms. The zero-order valence-corrected chi connectivity index (χ0v) is 16.1. The van der Waals surface area contributed by atoms with Crippen molar-refractivity contribution in [2.24, 2.45) is 4.99 Å². The molecule has 122 valence electrons. The van der Waals surface area contributed by atoms with Gasteiger partial charge in [0.15, 0.2) is 0 Å². The van der Waals surface area contributed by atoms with Crippen LogP contribution in [0.5, 0.6) is 5.75 Å². The Labute approximate surface area is 137 Å². The molecule has 2 nitrogen and oxygen atoms in total. The SMILES string of the molecule is CN=C1CCC(c2ccc(O[Si](C)(C)C(C)(C)C)cc2)CC1. The summed E-state index contributed by atoms with van der Waals surface area (Å²) in [6.07, 6.45) is 4.77. The van der Waals surface area contributed by atoms with Crippen LogP contribution in [0.15, 0.2) is 29.3 Å². The van der Waals surface area contributed by atoms with E-state index in [0.717, 1.165) is 18.6 Å². The largest absolute Gasteiger partial charge is 0.544 e. The van der Waals surface area contributed by atoms with Crippen LogP contribution in [0.4, 0.5) is 0 Å². The Morgan fingerprint density at radius 2 is 1.59 bits per heavy atom. The van der Waals surface area contributed by atoms with Crippen molar-refractivity contribution in [2.75, 3.05) is 7.05 Å². The Hall–Kier alpha value is -1.09. The summed E-state index contributed by atoms with van der Waals surface area (Å²) in [4.78, 5) is 4.35. The van der Waals surface area contributed by atoms with Gasteiger partial charge in [0.1, 0.15) is 5.75 Å². The van der Waals surface area contributed by atoms with E-state index in [9.17, 15) is 0 Å². The van der Waals surface area contributed by atoms with Crippen molar-refractivity contribution < 1.29 is 4.43 Å². The Morgan fingerprint density at radius 3 is 2.05 bits per heavy atom. The van der Waals surface area contributed by atoms with Gasteiger partial charge in [-0.2, -0.15) is 0 Å². The van der Waals surface area contributed by atoms with E-state index in [-0.39, 0.29) is 5.04 Å². The smallest absolute Gasteiger partial charge is 0.250 e. The van der Waals surface area contributed by atoms with Crippen LogP contribution in [-0.4, -0.2) is 21.1 Å². The quantitative estimate of drug-likeness (QED) is 0.646. The van der Waals surface area contributed by atoms with E-state index in [1.54, 1.807) is 0 Å². The van der Waals surface area contributed by atoms with Gasteiger partial charge in [-0.3, -0.25) is 4.99 Å². The summed E-state index contributed by atoms with van der Waals surface area (Å²) in [7, 11) is 0.187. The molecular weight excluding hydrogens is 286 g/mol. The van der Waals surface area contributed by atoms with Gasteiger partial charge in [-0.05, 0) is 67.4 Å². The Bertz CT molecular complexity index is 515. The van der Waals surface area contributed by atoms with E-state index in [4.69, 9.17) is 4.43 Å². The van der Waals surface area contributed by atoms with Gasteiger partial charge in [0.05, 0.1) is 0 Å². The second-order valence-electron chi connectivity index (χ2n) is 8.00. The van der Waals surface area contributed by atoms with Crippen molar-refractivity contribution in [2.45, 2.75) is 70.5 Å². The minimum atomic E-state index is -1.73. The van der Waals surface area contributed by atoms with Crippen LogP contribution in [0.3, 0.4) is 0 Å². The van der Waals surface area contributed by atoms with Crippen molar-refractivity contribution in [3.8, 4) is 5.75 Å². The summed E-state index contributed by atoms with van der Waals surface area (Å²) >= 11 is 0. The molecule has 22 heavy (non-hydrogen) atoms. The van der Waals surface area contributed by atoms with Crippen molar-refractivity contribution in [1.29, 1.82) is 0 Å². The Morgan fingerprint density at radius 1 is 1.05 bits per heavy atom. The summed E-state index contributed by atoms with van der Waals surface area (Å²) in [5.74, 6) is 1.72. The maximum absolute atomic E-state index is 6.36. The molecule has 0 heterocycles. The van der Waals surface area contributed by atoms with Gasteiger partial charge >= 0.3 is 0 Å². The highest BCUT2D eigenvalue weighted by Crippen LogP contribution is 2.38. The van der Waals surface area contributed by atoms with Gasteiger partial charge in [0, 0.05) is 12.8 Å². The molecule has 0 N–H and O–H groups in total. The lowest BCUT2D eigenvalue weighted by Crippen LogP contribution is -2.43. The van der Waals surface area contributed by atoms with Crippen LogP contribution < -0.4 is 4.43 Å². The first-order valence-electron chi connectivity index (χ1n) is 8.46. The average Bonchev–Trinajstić information content (AvgIpc) is 2.47. The van der Waals surface area contributed by atoms with E-state index >= 15 is 0 Å². The fraction of sp³-hybridized carbons (Fsp3) is 0.632. The number of benzene rings is 1. The first-order valence-corrected chi connectivity index (χ1v) is 11.4.